The predicted molar refractivity (Wildman–Crippen MR) is 87.3 cm³/mol. The number of ether oxygens (including phenoxy) is 1. The average Bonchev–Trinajstić information content (AvgIpc) is 2.54. The topological polar surface area (TPSA) is 113 Å². The van der Waals surface area contributed by atoms with Crippen LogP contribution in [0, 0.1) is 0 Å². The van der Waals surface area contributed by atoms with E-state index in [1.54, 1.807) is 13.8 Å². The van der Waals surface area contributed by atoms with Crippen molar-refractivity contribution in [3.05, 3.63) is 29.8 Å². The molecule has 1 rings (SSSR count). The van der Waals surface area contributed by atoms with Gasteiger partial charge in [-0.2, -0.15) is 4.31 Å². The summed E-state index contributed by atoms with van der Waals surface area (Å²) in [5.74, 6) is -1.78. The van der Waals surface area contributed by atoms with Crippen molar-refractivity contribution in [1.29, 1.82) is 0 Å². The van der Waals surface area contributed by atoms with E-state index in [0.29, 0.717) is 0 Å². The Labute approximate surface area is 141 Å². The van der Waals surface area contributed by atoms with Crippen molar-refractivity contribution in [3.63, 3.8) is 0 Å². The predicted octanol–water partition coefficient (Wildman–Crippen LogP) is 0.545. The molecule has 24 heavy (non-hydrogen) atoms. The van der Waals surface area contributed by atoms with Crippen molar-refractivity contribution < 1.29 is 27.9 Å². The molecule has 0 saturated carbocycles. The minimum Gasteiger partial charge on any atom is -0.479 e. The number of rotatable bonds is 8. The van der Waals surface area contributed by atoms with Gasteiger partial charge in [-0.05, 0) is 32.0 Å². The van der Waals surface area contributed by atoms with Crippen molar-refractivity contribution in [2.24, 2.45) is 0 Å². The highest BCUT2D eigenvalue weighted by Gasteiger charge is 2.24. The van der Waals surface area contributed by atoms with Crippen LogP contribution in [-0.2, 0) is 19.6 Å². The third-order valence-electron chi connectivity index (χ3n) is 3.51. The number of hydrogen-bond acceptors (Lipinski definition) is 5. The Balaban J connectivity index is 2.96. The molecule has 8 nitrogen and oxygen atoms in total. The van der Waals surface area contributed by atoms with Gasteiger partial charge in [0.25, 0.3) is 5.91 Å². The number of aliphatic carboxylic acids is 1. The van der Waals surface area contributed by atoms with E-state index < -0.39 is 28.0 Å². The molecule has 0 aliphatic carbocycles. The molecule has 0 aromatic heterocycles. The summed E-state index contributed by atoms with van der Waals surface area (Å²) in [5.41, 5.74) is 0.119. The molecule has 0 fully saturated rings. The lowest BCUT2D eigenvalue weighted by molar-refractivity contribution is -0.148. The molecule has 9 heteroatoms. The minimum absolute atomic E-state index is 0.00660. The molecule has 0 bridgehead atoms. The fraction of sp³-hybridized carbons (Fsp3) is 0.467. The molecule has 0 heterocycles. The number of nitrogens with zero attached hydrogens (tertiary/aromatic N) is 1. The van der Waals surface area contributed by atoms with E-state index in [1.165, 1.54) is 42.7 Å². The summed E-state index contributed by atoms with van der Waals surface area (Å²) in [6, 6.07) is 5.34. The Morgan fingerprint density at radius 3 is 2.46 bits per heavy atom. The van der Waals surface area contributed by atoms with E-state index in [4.69, 9.17) is 9.84 Å². The number of sulfonamides is 1. The van der Waals surface area contributed by atoms with Gasteiger partial charge in [0.1, 0.15) is 0 Å². The fourth-order valence-corrected chi connectivity index (χ4v) is 3.21. The number of benzene rings is 1. The number of hydrogen-bond donors (Lipinski definition) is 2. The van der Waals surface area contributed by atoms with Crippen LogP contribution in [-0.4, -0.2) is 62.6 Å². The minimum atomic E-state index is -3.71. The summed E-state index contributed by atoms with van der Waals surface area (Å²) in [4.78, 5) is 22.9. The Kier molecular flexibility index (Phi) is 6.88. The Bertz CT molecular complexity index is 702. The normalized spacial score (nSPS) is 13.1. The number of nitrogens with one attached hydrogen (secondary N) is 1. The summed E-state index contributed by atoms with van der Waals surface area (Å²) in [5, 5.41) is 11.3. The number of carboxylic acid groups (broad SMARTS) is 1. The van der Waals surface area contributed by atoms with E-state index in [2.05, 4.69) is 5.32 Å². The quantitative estimate of drug-likeness (QED) is 0.701. The van der Waals surface area contributed by atoms with Crippen LogP contribution in [0.15, 0.2) is 29.2 Å². The monoisotopic (exact) mass is 358 g/mol. The summed E-state index contributed by atoms with van der Waals surface area (Å²) in [7, 11) is -1.03. The average molecular weight is 358 g/mol. The number of carbonyl (C=O) groups is 2. The zero-order valence-corrected chi connectivity index (χ0v) is 14.8. The number of carboxylic acids is 1. The first kappa shape index (κ1) is 20.1. The summed E-state index contributed by atoms with van der Waals surface area (Å²) >= 11 is 0. The first-order valence-electron chi connectivity index (χ1n) is 7.23. The van der Waals surface area contributed by atoms with Gasteiger partial charge in [-0.3, -0.25) is 4.79 Å². The zero-order chi connectivity index (χ0) is 18.5. The highest BCUT2D eigenvalue weighted by Crippen LogP contribution is 2.17. The molecule has 1 atom stereocenters. The molecule has 0 aliphatic heterocycles. The molecule has 2 N–H and O–H groups in total. The van der Waals surface area contributed by atoms with E-state index in [9.17, 15) is 18.0 Å². The maximum atomic E-state index is 12.4. The van der Waals surface area contributed by atoms with Crippen LogP contribution in [0.3, 0.4) is 0 Å². The first-order valence-corrected chi connectivity index (χ1v) is 8.67. The van der Waals surface area contributed by atoms with Crippen molar-refractivity contribution in [2.75, 3.05) is 20.7 Å². The number of carbonyl (C=O) groups excluding carboxylic acids is 1. The molecule has 0 aliphatic rings. The SMILES string of the molecule is COC(CNC(=O)c1cccc(S(=O)(=O)N(C)C(C)C)c1)C(=O)O. The molecule has 1 unspecified atom stereocenters. The molecule has 0 spiro atoms. The van der Waals surface area contributed by atoms with Gasteiger partial charge in [-0.1, -0.05) is 6.07 Å². The number of methoxy groups -OCH3 is 1. The van der Waals surface area contributed by atoms with Gasteiger partial charge in [0, 0.05) is 25.8 Å². The van der Waals surface area contributed by atoms with E-state index in [0.717, 1.165) is 0 Å². The standard InChI is InChI=1S/C15H22N2O6S/c1-10(2)17(3)24(21,22)12-7-5-6-11(8-12)14(18)16-9-13(23-4)15(19)20/h5-8,10,13H,9H2,1-4H3,(H,16,18)(H,19,20). The summed E-state index contributed by atoms with van der Waals surface area (Å²) < 4.78 is 30.8. The van der Waals surface area contributed by atoms with Crippen LogP contribution < -0.4 is 5.32 Å². The third kappa shape index (κ3) is 4.76. The van der Waals surface area contributed by atoms with Crippen molar-refractivity contribution in [2.45, 2.75) is 30.9 Å². The molecular formula is C15H22N2O6S. The van der Waals surface area contributed by atoms with Crippen LogP contribution >= 0.6 is 0 Å². The van der Waals surface area contributed by atoms with E-state index in [1.807, 2.05) is 0 Å². The van der Waals surface area contributed by atoms with E-state index >= 15 is 0 Å². The Hall–Kier alpha value is -1.97. The van der Waals surface area contributed by atoms with Gasteiger partial charge in [-0.15, -0.1) is 0 Å². The van der Waals surface area contributed by atoms with Crippen molar-refractivity contribution >= 4 is 21.9 Å². The fourth-order valence-electron chi connectivity index (χ4n) is 1.80. The molecule has 134 valence electrons. The van der Waals surface area contributed by atoms with Gasteiger partial charge in [-0.25, -0.2) is 13.2 Å². The lowest BCUT2D eigenvalue weighted by Gasteiger charge is -2.21. The Morgan fingerprint density at radius 1 is 1.33 bits per heavy atom. The van der Waals surface area contributed by atoms with Gasteiger partial charge < -0.3 is 15.2 Å². The van der Waals surface area contributed by atoms with Crippen LogP contribution in [0.25, 0.3) is 0 Å². The maximum absolute atomic E-state index is 12.4. The number of amides is 1. The zero-order valence-electron chi connectivity index (χ0n) is 14.0. The van der Waals surface area contributed by atoms with Crippen LogP contribution in [0.2, 0.25) is 0 Å². The second kappa shape index (κ2) is 8.22. The molecule has 0 radical (unpaired) electrons. The van der Waals surface area contributed by atoms with Gasteiger partial charge in [0.05, 0.1) is 11.4 Å². The molecule has 1 amide bonds. The second-order valence-corrected chi connectivity index (χ2v) is 7.41. The Morgan fingerprint density at radius 2 is 1.96 bits per heavy atom. The van der Waals surface area contributed by atoms with Crippen molar-refractivity contribution in [1.82, 2.24) is 9.62 Å². The summed E-state index contributed by atoms with van der Waals surface area (Å²) in [6.07, 6.45) is -1.17. The van der Waals surface area contributed by atoms with Crippen LogP contribution in [0.4, 0.5) is 0 Å². The lowest BCUT2D eigenvalue weighted by atomic mass is 10.2. The second-order valence-electron chi connectivity index (χ2n) is 5.42. The third-order valence-corrected chi connectivity index (χ3v) is 5.54. The van der Waals surface area contributed by atoms with E-state index in [-0.39, 0.29) is 23.0 Å². The first-order chi connectivity index (χ1) is 11.1. The molecule has 0 saturated heterocycles. The smallest absolute Gasteiger partial charge is 0.334 e. The molecule has 1 aromatic carbocycles. The van der Waals surface area contributed by atoms with Crippen molar-refractivity contribution in [3.8, 4) is 0 Å². The lowest BCUT2D eigenvalue weighted by Crippen LogP contribution is -2.38. The van der Waals surface area contributed by atoms with Crippen LogP contribution in [0.1, 0.15) is 24.2 Å². The molecule has 1 aromatic rings. The maximum Gasteiger partial charge on any atom is 0.334 e. The van der Waals surface area contributed by atoms with Gasteiger partial charge in [0.15, 0.2) is 6.10 Å². The summed E-state index contributed by atoms with van der Waals surface area (Å²) in [6.45, 7) is 3.25. The van der Waals surface area contributed by atoms with Gasteiger partial charge >= 0.3 is 5.97 Å². The molecular weight excluding hydrogens is 336 g/mol. The van der Waals surface area contributed by atoms with Gasteiger partial charge in [0.2, 0.25) is 10.0 Å². The largest absolute Gasteiger partial charge is 0.479 e. The highest BCUT2D eigenvalue weighted by molar-refractivity contribution is 7.89. The van der Waals surface area contributed by atoms with Crippen LogP contribution in [0.5, 0.6) is 0 Å². The highest BCUT2D eigenvalue weighted by atomic mass is 32.2.